The predicted molar refractivity (Wildman–Crippen MR) is 76.1 cm³/mol. The van der Waals surface area contributed by atoms with E-state index in [1.54, 1.807) is 0 Å². The summed E-state index contributed by atoms with van der Waals surface area (Å²) in [5.41, 5.74) is 5.47. The Bertz CT molecular complexity index is 584. The molecule has 106 valence electrons. The highest BCUT2D eigenvalue weighted by Crippen LogP contribution is 2.14. The fourth-order valence-corrected chi connectivity index (χ4v) is 2.27. The zero-order valence-corrected chi connectivity index (χ0v) is 11.4. The van der Waals surface area contributed by atoms with Crippen molar-refractivity contribution in [3.05, 3.63) is 70.8 Å². The molecular weight excluding hydrogens is 258 g/mol. The molecule has 2 nitrogen and oxygen atoms in total. The molecule has 0 saturated carbocycles. The molecule has 0 bridgehead atoms. The molecule has 0 heterocycles. The zero-order chi connectivity index (χ0) is 14.5. The van der Waals surface area contributed by atoms with Crippen molar-refractivity contribution < 1.29 is 8.78 Å². The molecule has 2 aromatic carbocycles. The molecule has 0 aromatic heterocycles. The normalized spacial score (nSPS) is 12.4. The molecule has 20 heavy (non-hydrogen) atoms. The van der Waals surface area contributed by atoms with Gasteiger partial charge in [-0.25, -0.2) is 8.78 Å². The molecule has 0 aliphatic heterocycles. The van der Waals surface area contributed by atoms with Crippen LogP contribution < -0.4 is 11.3 Å². The van der Waals surface area contributed by atoms with Gasteiger partial charge in [-0.1, -0.05) is 35.9 Å². The van der Waals surface area contributed by atoms with E-state index in [-0.39, 0.29) is 6.04 Å². The summed E-state index contributed by atoms with van der Waals surface area (Å²) in [5, 5.41) is 0. The lowest BCUT2D eigenvalue weighted by atomic mass is 9.98. The van der Waals surface area contributed by atoms with E-state index in [4.69, 9.17) is 5.84 Å². The first-order chi connectivity index (χ1) is 9.58. The number of hydrogen-bond donors (Lipinski definition) is 2. The van der Waals surface area contributed by atoms with E-state index in [1.807, 2.05) is 25.1 Å². The highest BCUT2D eigenvalue weighted by molar-refractivity contribution is 5.24. The van der Waals surface area contributed by atoms with Crippen molar-refractivity contribution >= 4 is 0 Å². The van der Waals surface area contributed by atoms with Crippen LogP contribution >= 0.6 is 0 Å². The van der Waals surface area contributed by atoms with Crippen molar-refractivity contribution in [2.45, 2.75) is 25.8 Å². The molecule has 0 radical (unpaired) electrons. The highest BCUT2D eigenvalue weighted by atomic mass is 19.1. The molecule has 1 atom stereocenters. The van der Waals surface area contributed by atoms with E-state index in [0.717, 1.165) is 11.6 Å². The number of rotatable bonds is 5. The summed E-state index contributed by atoms with van der Waals surface area (Å²) in [7, 11) is 0. The SMILES string of the molecule is Cc1cccc(CC(Cc2ccc(F)cc2F)NN)c1. The van der Waals surface area contributed by atoms with Crippen LogP contribution in [0, 0.1) is 18.6 Å². The van der Waals surface area contributed by atoms with Crippen LogP contribution in [0.2, 0.25) is 0 Å². The summed E-state index contributed by atoms with van der Waals surface area (Å²) >= 11 is 0. The summed E-state index contributed by atoms with van der Waals surface area (Å²) in [5.74, 6) is 4.44. The molecule has 4 heteroatoms. The maximum absolute atomic E-state index is 13.6. The molecule has 1 unspecified atom stereocenters. The highest BCUT2D eigenvalue weighted by Gasteiger charge is 2.12. The van der Waals surface area contributed by atoms with Gasteiger partial charge in [-0.2, -0.15) is 0 Å². The van der Waals surface area contributed by atoms with E-state index in [2.05, 4.69) is 11.5 Å². The van der Waals surface area contributed by atoms with Crippen LogP contribution in [0.3, 0.4) is 0 Å². The Hall–Kier alpha value is -1.78. The van der Waals surface area contributed by atoms with Gasteiger partial charge in [0.2, 0.25) is 0 Å². The Labute approximate surface area is 117 Å². The number of hydrogen-bond acceptors (Lipinski definition) is 2. The van der Waals surface area contributed by atoms with Gasteiger partial charge in [-0.15, -0.1) is 0 Å². The number of halogens is 2. The van der Waals surface area contributed by atoms with Gasteiger partial charge in [0.25, 0.3) is 0 Å². The maximum atomic E-state index is 13.6. The maximum Gasteiger partial charge on any atom is 0.129 e. The Balaban J connectivity index is 2.09. The molecular formula is C16H18F2N2. The van der Waals surface area contributed by atoms with Gasteiger partial charge in [-0.3, -0.25) is 11.3 Å². The Morgan fingerprint density at radius 3 is 2.55 bits per heavy atom. The first-order valence-electron chi connectivity index (χ1n) is 6.54. The van der Waals surface area contributed by atoms with Crippen molar-refractivity contribution in [3.63, 3.8) is 0 Å². The summed E-state index contributed by atoms with van der Waals surface area (Å²) in [6.07, 6.45) is 1.10. The lowest BCUT2D eigenvalue weighted by Gasteiger charge is -2.16. The lowest BCUT2D eigenvalue weighted by molar-refractivity contribution is 0.502. The smallest absolute Gasteiger partial charge is 0.129 e. The first-order valence-corrected chi connectivity index (χ1v) is 6.54. The van der Waals surface area contributed by atoms with Crippen LogP contribution in [0.1, 0.15) is 16.7 Å². The molecule has 0 aliphatic rings. The number of benzene rings is 2. The van der Waals surface area contributed by atoms with Gasteiger partial charge < -0.3 is 0 Å². The van der Waals surface area contributed by atoms with Crippen LogP contribution in [0.5, 0.6) is 0 Å². The van der Waals surface area contributed by atoms with E-state index in [1.165, 1.54) is 17.7 Å². The van der Waals surface area contributed by atoms with E-state index >= 15 is 0 Å². The third-order valence-electron chi connectivity index (χ3n) is 3.28. The van der Waals surface area contributed by atoms with Crippen molar-refractivity contribution in [2.75, 3.05) is 0 Å². The lowest BCUT2D eigenvalue weighted by Crippen LogP contribution is -2.38. The van der Waals surface area contributed by atoms with Crippen molar-refractivity contribution in [1.29, 1.82) is 0 Å². The molecule has 0 saturated heterocycles. The minimum atomic E-state index is -0.567. The fourth-order valence-electron chi connectivity index (χ4n) is 2.27. The third-order valence-corrected chi connectivity index (χ3v) is 3.28. The minimum absolute atomic E-state index is 0.100. The van der Waals surface area contributed by atoms with Gasteiger partial charge in [0.1, 0.15) is 11.6 Å². The minimum Gasteiger partial charge on any atom is -0.271 e. The second-order valence-corrected chi connectivity index (χ2v) is 5.00. The summed E-state index contributed by atoms with van der Waals surface area (Å²) in [6.45, 7) is 2.02. The van der Waals surface area contributed by atoms with Gasteiger partial charge in [-0.05, 0) is 37.0 Å². The van der Waals surface area contributed by atoms with Gasteiger partial charge in [0.05, 0.1) is 0 Å². The fraction of sp³-hybridized carbons (Fsp3) is 0.250. The van der Waals surface area contributed by atoms with E-state index in [9.17, 15) is 8.78 Å². The molecule has 0 aliphatic carbocycles. The molecule has 2 aromatic rings. The Morgan fingerprint density at radius 2 is 1.90 bits per heavy atom. The molecule has 0 amide bonds. The largest absolute Gasteiger partial charge is 0.271 e. The Kier molecular flexibility index (Phi) is 4.82. The summed E-state index contributed by atoms with van der Waals surface area (Å²) in [6, 6.07) is 11.6. The molecule has 2 rings (SSSR count). The third kappa shape index (κ3) is 3.85. The van der Waals surface area contributed by atoms with Crippen molar-refractivity contribution in [1.82, 2.24) is 5.43 Å². The molecule has 0 spiro atoms. The van der Waals surface area contributed by atoms with Gasteiger partial charge in [0.15, 0.2) is 0 Å². The van der Waals surface area contributed by atoms with Crippen LogP contribution in [0.25, 0.3) is 0 Å². The molecule has 0 fully saturated rings. The van der Waals surface area contributed by atoms with Crippen LogP contribution in [-0.2, 0) is 12.8 Å². The quantitative estimate of drug-likeness (QED) is 0.651. The number of nitrogens with two attached hydrogens (primary N) is 1. The van der Waals surface area contributed by atoms with Gasteiger partial charge in [0, 0.05) is 12.1 Å². The second-order valence-electron chi connectivity index (χ2n) is 5.00. The first kappa shape index (κ1) is 14.6. The Morgan fingerprint density at radius 1 is 1.10 bits per heavy atom. The standard InChI is InChI=1S/C16H18F2N2/c1-11-3-2-4-12(7-11)8-15(20-19)9-13-5-6-14(17)10-16(13)18/h2-7,10,15,20H,8-9,19H2,1H3. The number of nitrogens with one attached hydrogen (secondary N) is 1. The van der Waals surface area contributed by atoms with Crippen molar-refractivity contribution in [3.8, 4) is 0 Å². The number of aryl methyl sites for hydroxylation is 1. The van der Waals surface area contributed by atoms with Crippen LogP contribution in [-0.4, -0.2) is 6.04 Å². The van der Waals surface area contributed by atoms with Crippen molar-refractivity contribution in [2.24, 2.45) is 5.84 Å². The van der Waals surface area contributed by atoms with E-state index in [0.29, 0.717) is 18.4 Å². The predicted octanol–water partition coefficient (Wildman–Crippen LogP) is 2.89. The molecule has 3 N–H and O–H groups in total. The topological polar surface area (TPSA) is 38.0 Å². The average Bonchev–Trinajstić information content (AvgIpc) is 2.41. The average molecular weight is 276 g/mol. The van der Waals surface area contributed by atoms with Crippen LogP contribution in [0.15, 0.2) is 42.5 Å². The zero-order valence-electron chi connectivity index (χ0n) is 11.4. The van der Waals surface area contributed by atoms with E-state index < -0.39 is 11.6 Å². The summed E-state index contributed by atoms with van der Waals surface area (Å²) in [4.78, 5) is 0. The number of hydrazine groups is 1. The monoisotopic (exact) mass is 276 g/mol. The second kappa shape index (κ2) is 6.59. The van der Waals surface area contributed by atoms with Crippen LogP contribution in [0.4, 0.5) is 8.78 Å². The summed E-state index contributed by atoms with van der Waals surface area (Å²) < 4.78 is 26.5. The van der Waals surface area contributed by atoms with Gasteiger partial charge >= 0.3 is 0 Å².